The Morgan fingerprint density at radius 3 is 1.82 bits per heavy atom. The summed E-state index contributed by atoms with van der Waals surface area (Å²) in [4.78, 5) is 61.5. The van der Waals surface area contributed by atoms with Gasteiger partial charge in [0.2, 0.25) is 5.78 Å². The predicted octanol–water partition coefficient (Wildman–Crippen LogP) is 1.41. The van der Waals surface area contributed by atoms with Gasteiger partial charge in [-0.15, -0.1) is 0 Å². The van der Waals surface area contributed by atoms with Crippen molar-refractivity contribution in [2.75, 3.05) is 32.8 Å². The van der Waals surface area contributed by atoms with E-state index in [1.165, 1.54) is 11.8 Å². The summed E-state index contributed by atoms with van der Waals surface area (Å²) >= 11 is 0. The maximum Gasteiger partial charge on any atom is 1.00 e. The van der Waals surface area contributed by atoms with Crippen LogP contribution in [0.25, 0.3) is 0 Å². The van der Waals surface area contributed by atoms with Gasteiger partial charge >= 0.3 is 69.5 Å². The van der Waals surface area contributed by atoms with Crippen molar-refractivity contribution in [2.45, 2.75) is 57.7 Å². The number of ether oxygens (including phenoxy) is 3. The van der Waals surface area contributed by atoms with Crippen molar-refractivity contribution in [3.63, 3.8) is 0 Å². The third kappa shape index (κ3) is 12.5. The summed E-state index contributed by atoms with van der Waals surface area (Å²) in [7, 11) is 0. The van der Waals surface area contributed by atoms with Gasteiger partial charge in [0.15, 0.2) is 12.0 Å². The van der Waals surface area contributed by atoms with Crippen molar-refractivity contribution in [1.82, 2.24) is 9.80 Å². The molecule has 0 aromatic heterocycles. The summed E-state index contributed by atoms with van der Waals surface area (Å²) in [5, 5.41) is 0. The van der Waals surface area contributed by atoms with Crippen molar-refractivity contribution >= 4 is 29.7 Å². The Balaban J connectivity index is 0.000000441. The molecule has 2 amide bonds. The van der Waals surface area contributed by atoms with Crippen molar-refractivity contribution in [3.05, 3.63) is 71.8 Å². The van der Waals surface area contributed by atoms with Crippen molar-refractivity contribution in [1.29, 1.82) is 0 Å². The van der Waals surface area contributed by atoms with E-state index in [-0.39, 0.29) is 109 Å². The molecule has 14 heteroatoms. The molecule has 2 aromatic carbocycles. The molecule has 2 unspecified atom stereocenters. The van der Waals surface area contributed by atoms with Crippen LogP contribution in [0.2, 0.25) is 0 Å². The smallest absolute Gasteiger partial charge is 0.870 e. The van der Waals surface area contributed by atoms with E-state index in [0.717, 1.165) is 16.0 Å². The third-order valence-corrected chi connectivity index (χ3v) is 6.83. The van der Waals surface area contributed by atoms with Gasteiger partial charge in [-0.3, -0.25) is 9.59 Å². The second-order valence-corrected chi connectivity index (χ2v) is 10.0. The van der Waals surface area contributed by atoms with Crippen LogP contribution < -0.4 is 51.4 Å². The first kappa shape index (κ1) is 40.3. The number of nitrogens with zero attached hydrogens (tertiary/aromatic N) is 2. The fourth-order valence-corrected chi connectivity index (χ4v) is 4.41. The molecule has 2 aliphatic heterocycles. The number of ketones is 2. The molecule has 0 bridgehead atoms. The Labute approximate surface area is 303 Å². The molecule has 0 radical (unpaired) electrons. The molecule has 240 valence electrons. The number of hydrogen-bond donors (Lipinski definition) is 0. The van der Waals surface area contributed by atoms with Gasteiger partial charge in [0.1, 0.15) is 13.2 Å². The van der Waals surface area contributed by atoms with Gasteiger partial charge in [-0.05, 0) is 37.3 Å². The standard InChI is InChI=1S/C17H20FNO5.C14H16FNO3.K.H2O/c1-2-23-15(21)17(18)9-6-10-19(11-14(17)20)16(22)24-12-13-7-4-3-5-8-13;15-12-7-4-8-16(9-13(12)17)14(18)19-10-11-5-2-1-3-6-11;;/h3-5,7-8H,2,6,9-12H2,1H3;1-3,5-6,12H,4,7-10H2;;1H2/q;;+1;/p-1. The number of hydrogen-bond acceptors (Lipinski definition) is 9. The predicted molar refractivity (Wildman–Crippen MR) is 152 cm³/mol. The molecule has 1 N–H and O–H groups in total. The number of benzene rings is 2. The molecule has 2 aliphatic rings. The van der Waals surface area contributed by atoms with Gasteiger partial charge in [-0.1, -0.05) is 60.7 Å². The number of amides is 2. The first-order valence-corrected chi connectivity index (χ1v) is 14.1. The molecule has 11 nitrogen and oxygen atoms in total. The third-order valence-electron chi connectivity index (χ3n) is 6.83. The average molecular weight is 659 g/mol. The molecule has 45 heavy (non-hydrogen) atoms. The summed E-state index contributed by atoms with van der Waals surface area (Å²) < 4.78 is 42.8. The van der Waals surface area contributed by atoms with Crippen LogP contribution in [0.1, 0.15) is 43.7 Å². The minimum Gasteiger partial charge on any atom is -0.870 e. The van der Waals surface area contributed by atoms with Crippen LogP contribution in [0.3, 0.4) is 0 Å². The van der Waals surface area contributed by atoms with Gasteiger partial charge in [0, 0.05) is 19.5 Å². The normalized spacial score (nSPS) is 19.7. The molecule has 2 atom stereocenters. The number of carbonyl (C=O) groups is 5. The van der Waals surface area contributed by atoms with E-state index in [2.05, 4.69) is 4.74 Å². The van der Waals surface area contributed by atoms with Gasteiger partial charge in [-0.2, -0.15) is 0 Å². The largest absolute Gasteiger partial charge is 1.00 e. The van der Waals surface area contributed by atoms with E-state index >= 15 is 0 Å². The number of esters is 1. The van der Waals surface area contributed by atoms with Crippen molar-refractivity contribution < 1.29 is 104 Å². The fraction of sp³-hybridized carbons (Fsp3) is 0.452. The molecule has 0 aliphatic carbocycles. The average Bonchev–Trinajstić information content (AvgIpc) is 3.29. The Kier molecular flexibility index (Phi) is 18.2. The van der Waals surface area contributed by atoms with E-state index in [0.29, 0.717) is 13.0 Å². The van der Waals surface area contributed by atoms with Crippen LogP contribution in [-0.2, 0) is 41.8 Å². The Hall–Kier alpha value is -2.75. The van der Waals surface area contributed by atoms with Crippen LogP contribution in [0.5, 0.6) is 0 Å². The minimum absolute atomic E-state index is 0. The number of carbonyl (C=O) groups excluding carboxylic acids is 5. The summed E-state index contributed by atoms with van der Waals surface area (Å²) in [6.07, 6.45) is -2.19. The summed E-state index contributed by atoms with van der Waals surface area (Å²) in [6, 6.07) is 18.3. The molecular weight excluding hydrogens is 621 g/mol. The van der Waals surface area contributed by atoms with E-state index < -0.39 is 48.1 Å². The molecule has 2 aromatic rings. The van der Waals surface area contributed by atoms with E-state index in [1.807, 2.05) is 48.5 Å². The molecule has 2 fully saturated rings. The fourth-order valence-electron chi connectivity index (χ4n) is 4.41. The Morgan fingerprint density at radius 1 is 0.822 bits per heavy atom. The summed E-state index contributed by atoms with van der Waals surface area (Å²) in [6.45, 7) is 1.53. The van der Waals surface area contributed by atoms with E-state index in [9.17, 15) is 32.8 Å². The molecule has 0 spiro atoms. The van der Waals surface area contributed by atoms with E-state index in [1.54, 1.807) is 12.1 Å². The molecule has 2 heterocycles. The first-order valence-electron chi connectivity index (χ1n) is 14.1. The van der Waals surface area contributed by atoms with Gasteiger partial charge < -0.3 is 29.5 Å². The topological polar surface area (TPSA) is 150 Å². The zero-order valence-corrected chi connectivity index (χ0v) is 28.6. The minimum atomic E-state index is -2.69. The second kappa shape index (κ2) is 20.4. The molecular formula is C31H37F2KN2O9. The first-order chi connectivity index (χ1) is 20.6. The maximum atomic E-state index is 14.7. The molecule has 2 saturated heterocycles. The number of alkyl halides is 2. The maximum absolute atomic E-state index is 14.7. The van der Waals surface area contributed by atoms with Gasteiger partial charge in [0.25, 0.3) is 5.67 Å². The quantitative estimate of drug-likeness (QED) is 0.194. The monoisotopic (exact) mass is 658 g/mol. The molecule has 0 saturated carbocycles. The Bertz CT molecular complexity index is 1260. The number of Topliss-reactive ketones (excluding diaryl/α,β-unsaturated/α-hetero) is 2. The van der Waals surface area contributed by atoms with Crippen molar-refractivity contribution in [2.24, 2.45) is 0 Å². The van der Waals surface area contributed by atoms with E-state index in [4.69, 9.17) is 9.47 Å². The van der Waals surface area contributed by atoms with Crippen molar-refractivity contribution in [3.8, 4) is 0 Å². The number of rotatable bonds is 6. The van der Waals surface area contributed by atoms with Crippen LogP contribution in [0.15, 0.2) is 60.7 Å². The van der Waals surface area contributed by atoms with Gasteiger partial charge in [-0.25, -0.2) is 23.2 Å². The second-order valence-electron chi connectivity index (χ2n) is 10.0. The summed E-state index contributed by atoms with van der Waals surface area (Å²) in [5.41, 5.74) is -1.01. The number of halogens is 2. The Morgan fingerprint density at radius 2 is 1.31 bits per heavy atom. The SMILES string of the molecule is CCOC(=O)C1(F)CCCN(C(=O)OCc2ccccc2)CC1=O.O=C1CN(C(=O)OCc2ccccc2)CCCC1F.[K+].[OH-]. The molecule has 4 rings (SSSR count). The van der Waals surface area contributed by atoms with Gasteiger partial charge in [0.05, 0.1) is 19.7 Å². The zero-order chi connectivity index (χ0) is 31.2. The van der Waals surface area contributed by atoms with Crippen LogP contribution >= 0.6 is 0 Å². The zero-order valence-electron chi connectivity index (χ0n) is 25.5. The van der Waals surface area contributed by atoms with Crippen LogP contribution in [0.4, 0.5) is 18.4 Å². The number of likely N-dealkylation sites (tertiary alicyclic amines) is 2. The van der Waals surface area contributed by atoms with Crippen LogP contribution in [-0.4, -0.2) is 89.6 Å². The van der Waals surface area contributed by atoms with Crippen LogP contribution in [0, 0.1) is 0 Å². The summed E-state index contributed by atoms with van der Waals surface area (Å²) in [5.74, 6) is -2.71.